The van der Waals surface area contributed by atoms with Gasteiger partial charge in [-0.05, 0) is 29.5 Å². The van der Waals surface area contributed by atoms with Crippen molar-refractivity contribution in [2.24, 2.45) is 5.41 Å². The molecule has 1 aliphatic carbocycles. The zero-order chi connectivity index (χ0) is 21.0. The average molecular weight is 407 g/mol. The summed E-state index contributed by atoms with van der Waals surface area (Å²) in [7, 11) is 3.25. The largest absolute Gasteiger partial charge is 0.493 e. The zero-order valence-corrected chi connectivity index (χ0v) is 17.6. The van der Waals surface area contributed by atoms with Crippen LogP contribution in [0.25, 0.3) is 0 Å². The van der Waals surface area contributed by atoms with E-state index in [0.29, 0.717) is 29.4 Å². The molecule has 1 N–H and O–H groups in total. The van der Waals surface area contributed by atoms with Gasteiger partial charge in [0.15, 0.2) is 28.8 Å². The third-order valence-electron chi connectivity index (χ3n) is 6.09. The summed E-state index contributed by atoms with van der Waals surface area (Å²) >= 11 is 0. The smallest absolute Gasteiger partial charge is 0.231 e. The van der Waals surface area contributed by atoms with Crippen molar-refractivity contribution in [1.82, 2.24) is 0 Å². The first kappa shape index (κ1) is 18.9. The lowest BCUT2D eigenvalue weighted by molar-refractivity contribution is -0.118. The Labute approximate surface area is 175 Å². The van der Waals surface area contributed by atoms with Crippen molar-refractivity contribution >= 4 is 11.5 Å². The van der Waals surface area contributed by atoms with Crippen LogP contribution in [0, 0.1) is 5.41 Å². The minimum atomic E-state index is -0.278. The molecule has 0 fully saturated rings. The van der Waals surface area contributed by atoms with Crippen LogP contribution in [0.4, 0.5) is 5.69 Å². The summed E-state index contributed by atoms with van der Waals surface area (Å²) in [5.74, 6) is 2.56. The van der Waals surface area contributed by atoms with E-state index in [0.717, 1.165) is 34.5 Å². The SMILES string of the molecule is COc1cccc([C@@H]2C3=C(CC(C)(C)CC3=O)Nc3cc4c(cc32)OCO4)c1OC. The first-order valence-corrected chi connectivity index (χ1v) is 10.1. The highest BCUT2D eigenvalue weighted by molar-refractivity contribution is 6.02. The fraction of sp³-hybridized carbons (Fsp3) is 0.375. The van der Waals surface area contributed by atoms with Crippen LogP contribution < -0.4 is 24.3 Å². The number of fused-ring (bicyclic) bond motifs is 2. The second-order valence-electron chi connectivity index (χ2n) is 8.77. The van der Waals surface area contributed by atoms with Gasteiger partial charge in [-0.15, -0.1) is 0 Å². The van der Waals surface area contributed by atoms with E-state index in [-0.39, 0.29) is 23.9 Å². The second-order valence-corrected chi connectivity index (χ2v) is 8.77. The van der Waals surface area contributed by atoms with Crippen molar-refractivity contribution in [3.05, 3.63) is 52.7 Å². The highest BCUT2D eigenvalue weighted by Crippen LogP contribution is 2.54. The van der Waals surface area contributed by atoms with Crippen molar-refractivity contribution in [1.29, 1.82) is 0 Å². The molecule has 1 atom stereocenters. The minimum absolute atomic E-state index is 0.0974. The monoisotopic (exact) mass is 407 g/mol. The predicted octanol–water partition coefficient (Wildman–Crippen LogP) is 4.63. The van der Waals surface area contributed by atoms with Crippen LogP contribution >= 0.6 is 0 Å². The Bertz CT molecular complexity index is 1090. The molecule has 0 saturated heterocycles. The van der Waals surface area contributed by atoms with Gasteiger partial charge in [0.25, 0.3) is 0 Å². The van der Waals surface area contributed by atoms with Crippen LogP contribution in [0.2, 0.25) is 0 Å². The van der Waals surface area contributed by atoms with E-state index in [4.69, 9.17) is 18.9 Å². The number of benzene rings is 2. The molecule has 30 heavy (non-hydrogen) atoms. The first-order valence-electron chi connectivity index (χ1n) is 10.1. The minimum Gasteiger partial charge on any atom is -0.493 e. The Morgan fingerprint density at radius 1 is 1.03 bits per heavy atom. The van der Waals surface area contributed by atoms with Gasteiger partial charge in [0, 0.05) is 40.9 Å². The molecule has 6 nitrogen and oxygen atoms in total. The van der Waals surface area contributed by atoms with E-state index < -0.39 is 0 Å². The number of nitrogens with one attached hydrogen (secondary N) is 1. The number of allylic oxidation sites excluding steroid dienone is 2. The number of carbonyl (C=O) groups is 1. The average Bonchev–Trinajstić information content (AvgIpc) is 3.16. The number of methoxy groups -OCH3 is 2. The van der Waals surface area contributed by atoms with Crippen LogP contribution in [0.5, 0.6) is 23.0 Å². The van der Waals surface area contributed by atoms with E-state index in [1.54, 1.807) is 14.2 Å². The van der Waals surface area contributed by atoms with Gasteiger partial charge in [-0.3, -0.25) is 4.79 Å². The Hall–Kier alpha value is -3.15. The van der Waals surface area contributed by atoms with Gasteiger partial charge >= 0.3 is 0 Å². The lowest BCUT2D eigenvalue weighted by atomic mass is 9.68. The van der Waals surface area contributed by atoms with Crippen LogP contribution in [0.3, 0.4) is 0 Å². The number of hydrogen-bond donors (Lipinski definition) is 1. The molecule has 0 amide bonds. The summed E-state index contributed by atoms with van der Waals surface area (Å²) in [6.07, 6.45) is 1.31. The van der Waals surface area contributed by atoms with Crippen LogP contribution in [-0.2, 0) is 4.79 Å². The van der Waals surface area contributed by atoms with E-state index in [2.05, 4.69) is 19.2 Å². The van der Waals surface area contributed by atoms with Gasteiger partial charge < -0.3 is 24.3 Å². The van der Waals surface area contributed by atoms with E-state index in [9.17, 15) is 4.79 Å². The van der Waals surface area contributed by atoms with E-state index in [1.807, 2.05) is 30.3 Å². The molecule has 2 aromatic rings. The number of carbonyl (C=O) groups excluding carboxylic acids is 1. The Kier molecular flexibility index (Phi) is 4.20. The fourth-order valence-corrected chi connectivity index (χ4v) is 4.87. The van der Waals surface area contributed by atoms with Crippen LogP contribution in [0.1, 0.15) is 43.7 Å². The normalized spacial score (nSPS) is 20.9. The molecular weight excluding hydrogens is 382 g/mol. The van der Waals surface area contributed by atoms with Crippen molar-refractivity contribution < 1.29 is 23.7 Å². The summed E-state index contributed by atoms with van der Waals surface area (Å²) in [5.41, 5.74) is 4.47. The fourth-order valence-electron chi connectivity index (χ4n) is 4.87. The Morgan fingerprint density at radius 2 is 1.80 bits per heavy atom. The maximum Gasteiger partial charge on any atom is 0.231 e. The first-order chi connectivity index (χ1) is 14.4. The molecular formula is C24H25NO5. The molecule has 6 heteroatoms. The third-order valence-corrected chi connectivity index (χ3v) is 6.09. The second kappa shape index (κ2) is 6.69. The summed E-state index contributed by atoms with van der Waals surface area (Å²) in [5, 5.41) is 3.53. The van der Waals surface area contributed by atoms with E-state index >= 15 is 0 Å². The number of anilines is 1. The molecule has 0 radical (unpaired) electrons. The Balaban J connectivity index is 1.77. The molecule has 0 saturated carbocycles. The predicted molar refractivity (Wildman–Crippen MR) is 113 cm³/mol. The van der Waals surface area contributed by atoms with Gasteiger partial charge in [0.2, 0.25) is 6.79 Å². The molecule has 5 rings (SSSR count). The van der Waals surface area contributed by atoms with Crippen LogP contribution in [-0.4, -0.2) is 26.8 Å². The molecule has 0 bridgehead atoms. The molecule has 3 aliphatic rings. The summed E-state index contributed by atoms with van der Waals surface area (Å²) < 4.78 is 22.5. The highest BCUT2D eigenvalue weighted by Gasteiger charge is 2.42. The van der Waals surface area contributed by atoms with Gasteiger partial charge in [-0.1, -0.05) is 26.0 Å². The zero-order valence-electron chi connectivity index (χ0n) is 17.6. The molecule has 2 aromatic carbocycles. The molecule has 156 valence electrons. The molecule has 0 aromatic heterocycles. The maximum absolute atomic E-state index is 13.4. The van der Waals surface area contributed by atoms with Crippen molar-refractivity contribution in [2.75, 3.05) is 26.3 Å². The molecule has 2 heterocycles. The van der Waals surface area contributed by atoms with Crippen LogP contribution in [0.15, 0.2) is 41.6 Å². The third kappa shape index (κ3) is 2.82. The summed E-state index contributed by atoms with van der Waals surface area (Å²) in [4.78, 5) is 13.4. The van der Waals surface area contributed by atoms with Gasteiger partial charge in [0.1, 0.15) is 0 Å². The summed E-state index contributed by atoms with van der Waals surface area (Å²) in [6.45, 7) is 4.46. The number of Topliss-reactive ketones (excluding diaryl/α,β-unsaturated/α-hetero) is 1. The maximum atomic E-state index is 13.4. The lowest BCUT2D eigenvalue weighted by Crippen LogP contribution is -2.33. The van der Waals surface area contributed by atoms with Gasteiger partial charge in [-0.25, -0.2) is 0 Å². The number of ketones is 1. The highest BCUT2D eigenvalue weighted by atomic mass is 16.7. The number of para-hydroxylation sites is 1. The Morgan fingerprint density at radius 3 is 2.53 bits per heavy atom. The van der Waals surface area contributed by atoms with E-state index in [1.165, 1.54) is 0 Å². The van der Waals surface area contributed by atoms with Crippen molar-refractivity contribution in [3.63, 3.8) is 0 Å². The summed E-state index contributed by atoms with van der Waals surface area (Å²) in [6, 6.07) is 9.75. The number of ether oxygens (including phenoxy) is 4. The van der Waals surface area contributed by atoms with Gasteiger partial charge in [0.05, 0.1) is 14.2 Å². The lowest BCUT2D eigenvalue weighted by Gasteiger charge is -2.39. The standard InChI is InChI=1S/C24H25NO5/c1-24(2)10-16-22(17(26)11-24)21(13-6-5-7-18(27-3)23(13)28-4)14-8-19-20(30-12-29-19)9-15(14)25-16/h5-9,21,25H,10-12H2,1-4H3/t21-/m0/s1. The van der Waals surface area contributed by atoms with Gasteiger partial charge in [-0.2, -0.15) is 0 Å². The quantitative estimate of drug-likeness (QED) is 0.800. The topological polar surface area (TPSA) is 66.0 Å². The molecule has 0 unspecified atom stereocenters. The van der Waals surface area contributed by atoms with Crippen molar-refractivity contribution in [2.45, 2.75) is 32.6 Å². The molecule has 0 spiro atoms. The molecule has 2 aliphatic heterocycles. The van der Waals surface area contributed by atoms with Crippen molar-refractivity contribution in [3.8, 4) is 23.0 Å². The number of hydrogen-bond acceptors (Lipinski definition) is 6. The number of rotatable bonds is 3.